The van der Waals surface area contributed by atoms with Crippen LogP contribution < -0.4 is 10.2 Å². The van der Waals surface area contributed by atoms with E-state index in [4.69, 9.17) is 0 Å². The summed E-state index contributed by atoms with van der Waals surface area (Å²) in [7, 11) is 0. The fraction of sp³-hybridized carbons (Fsp3) is 0.409. The number of para-hydroxylation sites is 1. The van der Waals surface area contributed by atoms with Crippen LogP contribution in [0.2, 0.25) is 0 Å². The Morgan fingerprint density at radius 1 is 1.11 bits per heavy atom. The van der Waals surface area contributed by atoms with E-state index in [0.29, 0.717) is 18.5 Å². The highest BCUT2D eigenvalue weighted by molar-refractivity contribution is 5.92. The average Bonchev–Trinajstić information content (AvgIpc) is 3.46. The summed E-state index contributed by atoms with van der Waals surface area (Å²) in [5.41, 5.74) is 1.39. The Kier molecular flexibility index (Phi) is 6.08. The van der Waals surface area contributed by atoms with Crippen LogP contribution in [0.5, 0.6) is 0 Å². The summed E-state index contributed by atoms with van der Waals surface area (Å²) in [5.74, 6) is 0.0674. The lowest BCUT2D eigenvalue weighted by Crippen LogP contribution is -3.13. The van der Waals surface area contributed by atoms with Crippen LogP contribution in [0, 0.1) is 0 Å². The maximum Gasteiger partial charge on any atom is 0.418 e. The second-order valence-electron chi connectivity index (χ2n) is 7.77. The topological polar surface area (TPSA) is 33.5 Å². The first kappa shape index (κ1) is 20.4. The molecular weight excluding hydrogens is 365 g/mol. The van der Waals surface area contributed by atoms with Gasteiger partial charge < -0.3 is 10.2 Å². The molecule has 1 saturated carbocycles. The van der Waals surface area contributed by atoms with Gasteiger partial charge in [0.15, 0.2) is 6.54 Å². The number of benzene rings is 2. The summed E-state index contributed by atoms with van der Waals surface area (Å²) in [6.07, 6.45) is -2.40. The molecule has 1 fully saturated rings. The molecule has 3 nitrogen and oxygen atoms in total. The van der Waals surface area contributed by atoms with Gasteiger partial charge in [-0.25, -0.2) is 0 Å². The minimum absolute atomic E-state index is 0.156. The normalized spacial score (nSPS) is 15.5. The number of amides is 1. The highest BCUT2D eigenvalue weighted by Crippen LogP contribution is 2.34. The SMILES string of the molecule is CC(C)c1ccc(C[NH+](CC(=O)Nc2ccccc2C(F)(F)F)C2CC2)cc1. The molecule has 2 aromatic rings. The van der Waals surface area contributed by atoms with Gasteiger partial charge >= 0.3 is 6.18 Å². The number of carbonyl (C=O) groups is 1. The number of hydrogen-bond donors (Lipinski definition) is 2. The molecule has 0 aliphatic heterocycles. The first-order chi connectivity index (χ1) is 13.2. The number of halogens is 3. The lowest BCUT2D eigenvalue weighted by Gasteiger charge is -2.20. The predicted octanol–water partition coefficient (Wildman–Crippen LogP) is 4.01. The van der Waals surface area contributed by atoms with Crippen molar-refractivity contribution in [2.75, 3.05) is 11.9 Å². The van der Waals surface area contributed by atoms with Crippen molar-refractivity contribution in [2.24, 2.45) is 0 Å². The zero-order valence-electron chi connectivity index (χ0n) is 16.1. The molecular formula is C22H26F3N2O+. The summed E-state index contributed by atoms with van der Waals surface area (Å²) >= 11 is 0. The van der Waals surface area contributed by atoms with Crippen molar-refractivity contribution in [2.45, 2.75) is 51.4 Å². The number of alkyl halides is 3. The van der Waals surface area contributed by atoms with Gasteiger partial charge in [0.05, 0.1) is 17.3 Å². The van der Waals surface area contributed by atoms with Gasteiger partial charge in [0, 0.05) is 18.4 Å². The smallest absolute Gasteiger partial charge is 0.321 e. The Balaban J connectivity index is 1.66. The summed E-state index contributed by atoms with van der Waals surface area (Å²) in [4.78, 5) is 13.6. The Bertz CT molecular complexity index is 811. The van der Waals surface area contributed by atoms with E-state index in [2.05, 4.69) is 43.4 Å². The molecule has 1 atom stereocenters. The third kappa shape index (κ3) is 5.35. The minimum Gasteiger partial charge on any atom is -0.321 e. The van der Waals surface area contributed by atoms with Gasteiger partial charge in [-0.3, -0.25) is 4.79 Å². The third-order valence-corrected chi connectivity index (χ3v) is 5.13. The van der Waals surface area contributed by atoms with Crippen molar-refractivity contribution in [1.82, 2.24) is 0 Å². The molecule has 2 N–H and O–H groups in total. The lowest BCUT2D eigenvalue weighted by molar-refractivity contribution is -0.916. The van der Waals surface area contributed by atoms with Crippen LogP contribution in [0.3, 0.4) is 0 Å². The van der Waals surface area contributed by atoms with Crippen LogP contribution in [-0.2, 0) is 17.5 Å². The van der Waals surface area contributed by atoms with Crippen LogP contribution in [0.25, 0.3) is 0 Å². The van der Waals surface area contributed by atoms with Gasteiger partial charge in [-0.1, -0.05) is 50.2 Å². The van der Waals surface area contributed by atoms with Crippen molar-refractivity contribution in [3.8, 4) is 0 Å². The highest BCUT2D eigenvalue weighted by Gasteiger charge is 2.36. The number of nitrogens with one attached hydrogen (secondary N) is 2. The van der Waals surface area contributed by atoms with E-state index in [1.165, 1.54) is 23.8 Å². The second kappa shape index (κ2) is 8.35. The molecule has 1 aliphatic carbocycles. The number of quaternary nitrogens is 1. The molecule has 6 heteroatoms. The van der Waals surface area contributed by atoms with E-state index in [9.17, 15) is 18.0 Å². The van der Waals surface area contributed by atoms with E-state index in [1.54, 1.807) is 0 Å². The summed E-state index contributed by atoms with van der Waals surface area (Å²) in [5, 5.41) is 2.46. The summed E-state index contributed by atoms with van der Waals surface area (Å²) in [6.45, 7) is 5.12. The van der Waals surface area contributed by atoms with E-state index in [0.717, 1.165) is 29.4 Å². The van der Waals surface area contributed by atoms with Crippen molar-refractivity contribution < 1.29 is 22.9 Å². The zero-order chi connectivity index (χ0) is 20.3. The maximum atomic E-state index is 13.1. The zero-order valence-corrected chi connectivity index (χ0v) is 16.1. The first-order valence-electron chi connectivity index (χ1n) is 9.63. The molecule has 0 saturated heterocycles. The molecule has 0 aromatic heterocycles. The van der Waals surface area contributed by atoms with Crippen LogP contribution >= 0.6 is 0 Å². The molecule has 0 radical (unpaired) electrons. The lowest BCUT2D eigenvalue weighted by atomic mass is 10.0. The molecule has 1 amide bonds. The quantitative estimate of drug-likeness (QED) is 0.735. The third-order valence-electron chi connectivity index (χ3n) is 5.13. The molecule has 3 rings (SSSR count). The summed E-state index contributed by atoms with van der Waals surface area (Å²) < 4.78 is 39.4. The predicted molar refractivity (Wildman–Crippen MR) is 103 cm³/mol. The van der Waals surface area contributed by atoms with Crippen molar-refractivity contribution in [3.05, 3.63) is 65.2 Å². The molecule has 150 valence electrons. The van der Waals surface area contributed by atoms with Gasteiger partial charge in [0.25, 0.3) is 5.91 Å². The Morgan fingerprint density at radius 2 is 1.75 bits per heavy atom. The van der Waals surface area contributed by atoms with Crippen LogP contribution in [0.1, 0.15) is 49.3 Å². The van der Waals surface area contributed by atoms with E-state index < -0.39 is 17.6 Å². The molecule has 0 bridgehead atoms. The van der Waals surface area contributed by atoms with E-state index >= 15 is 0 Å². The molecule has 1 unspecified atom stereocenters. The number of carbonyl (C=O) groups excluding carboxylic acids is 1. The fourth-order valence-corrected chi connectivity index (χ4v) is 3.37. The summed E-state index contributed by atoms with van der Waals surface area (Å²) in [6, 6.07) is 13.8. The van der Waals surface area contributed by atoms with Crippen molar-refractivity contribution in [1.29, 1.82) is 0 Å². The maximum absolute atomic E-state index is 13.1. The van der Waals surface area contributed by atoms with Gasteiger partial charge in [-0.15, -0.1) is 0 Å². The van der Waals surface area contributed by atoms with Crippen LogP contribution in [0.4, 0.5) is 18.9 Å². The van der Waals surface area contributed by atoms with Gasteiger partial charge in [0.1, 0.15) is 6.54 Å². The largest absolute Gasteiger partial charge is 0.418 e. The van der Waals surface area contributed by atoms with Crippen LogP contribution in [0.15, 0.2) is 48.5 Å². The Labute approximate surface area is 163 Å². The Hall–Kier alpha value is -2.34. The van der Waals surface area contributed by atoms with Crippen molar-refractivity contribution >= 4 is 11.6 Å². The fourth-order valence-electron chi connectivity index (χ4n) is 3.37. The minimum atomic E-state index is -4.49. The van der Waals surface area contributed by atoms with Crippen molar-refractivity contribution in [3.63, 3.8) is 0 Å². The standard InChI is InChI=1S/C22H25F3N2O/c1-15(2)17-9-7-16(8-10-17)13-27(18-11-12-18)14-21(28)26-20-6-4-3-5-19(20)22(23,24)25/h3-10,15,18H,11-14H2,1-2H3,(H,26,28)/p+1. The molecule has 1 aliphatic rings. The van der Waals surface area contributed by atoms with E-state index in [1.807, 2.05) is 0 Å². The first-order valence-corrected chi connectivity index (χ1v) is 9.63. The van der Waals surface area contributed by atoms with E-state index in [-0.39, 0.29) is 12.2 Å². The molecule has 0 spiro atoms. The Morgan fingerprint density at radius 3 is 2.32 bits per heavy atom. The molecule has 2 aromatic carbocycles. The second-order valence-corrected chi connectivity index (χ2v) is 7.77. The van der Waals surface area contributed by atoms with Crippen LogP contribution in [-0.4, -0.2) is 18.5 Å². The average molecular weight is 391 g/mol. The molecule has 28 heavy (non-hydrogen) atoms. The van der Waals surface area contributed by atoms with Gasteiger partial charge in [-0.2, -0.15) is 13.2 Å². The molecule has 0 heterocycles. The highest BCUT2D eigenvalue weighted by atomic mass is 19.4. The number of anilines is 1. The monoisotopic (exact) mass is 391 g/mol. The number of rotatable bonds is 7. The van der Waals surface area contributed by atoms with Gasteiger partial charge in [-0.05, 0) is 23.6 Å². The number of hydrogen-bond acceptors (Lipinski definition) is 1. The van der Waals surface area contributed by atoms with Gasteiger partial charge in [0.2, 0.25) is 0 Å².